The molecule has 1 heterocycles. The number of aliphatic hydroxyl groups excluding tert-OH is 3. The summed E-state index contributed by atoms with van der Waals surface area (Å²) in [6.45, 7) is -0.177. The Morgan fingerprint density at radius 3 is 2.83 bits per heavy atom. The molecule has 98 valence electrons. The van der Waals surface area contributed by atoms with Crippen LogP contribution in [-0.2, 0) is 0 Å². The topological polar surface area (TPSA) is 134 Å². The van der Waals surface area contributed by atoms with Gasteiger partial charge in [0.05, 0.1) is 18.8 Å². The minimum absolute atomic E-state index is 0.0603. The maximum atomic E-state index is 10.9. The number of carbonyl (C=O) groups excluding carboxylic acids is 1. The minimum atomic E-state index is -1.03. The summed E-state index contributed by atoms with van der Waals surface area (Å²) in [7, 11) is 0. The number of aliphatic hydroxyl groups is 3. The van der Waals surface area contributed by atoms with Gasteiger partial charge in [0.15, 0.2) is 0 Å². The molecule has 3 rings (SSSR count). The lowest BCUT2D eigenvalue weighted by Gasteiger charge is -2.22. The molecule has 2 aliphatic rings. The minimum Gasteiger partial charge on any atom is -0.396 e. The average molecular weight is 254 g/mol. The average Bonchev–Trinajstić information content (AvgIpc) is 2.76. The van der Waals surface area contributed by atoms with Gasteiger partial charge in [0, 0.05) is 5.41 Å². The van der Waals surface area contributed by atoms with Crippen LogP contribution >= 0.6 is 0 Å². The molecule has 0 aromatic carbocycles. The van der Waals surface area contributed by atoms with Crippen LogP contribution in [0.3, 0.4) is 0 Å². The fourth-order valence-electron chi connectivity index (χ4n) is 3.06. The van der Waals surface area contributed by atoms with Crippen LogP contribution in [0.4, 0.5) is 0 Å². The van der Waals surface area contributed by atoms with Crippen LogP contribution < -0.4 is 5.73 Å². The predicted octanol–water partition coefficient (Wildman–Crippen LogP) is -2.35. The Morgan fingerprint density at radius 1 is 1.61 bits per heavy atom. The molecule has 1 unspecified atom stereocenters. The second kappa shape index (κ2) is 3.50. The van der Waals surface area contributed by atoms with Crippen LogP contribution in [0.15, 0.2) is 6.33 Å². The SMILES string of the molecule is NC(=O)c1ncn([C@@H]2C3C[C@@]3(CO)[C@@H](O)[C@H]2O)n1. The summed E-state index contributed by atoms with van der Waals surface area (Å²) in [6.07, 6.45) is -0.0815. The molecule has 0 bridgehead atoms. The molecule has 0 aliphatic heterocycles. The number of rotatable bonds is 3. The molecule has 8 nitrogen and oxygen atoms in total. The third-order valence-corrected chi connectivity index (χ3v) is 4.18. The van der Waals surface area contributed by atoms with Crippen molar-refractivity contribution in [3.63, 3.8) is 0 Å². The van der Waals surface area contributed by atoms with E-state index in [1.54, 1.807) is 0 Å². The summed E-state index contributed by atoms with van der Waals surface area (Å²) in [5, 5.41) is 33.2. The van der Waals surface area contributed by atoms with Crippen molar-refractivity contribution >= 4 is 5.91 Å². The fourth-order valence-corrected chi connectivity index (χ4v) is 3.06. The van der Waals surface area contributed by atoms with Crippen molar-refractivity contribution in [3.05, 3.63) is 12.2 Å². The molecule has 1 aromatic rings. The molecule has 8 heteroatoms. The summed E-state index contributed by atoms with van der Waals surface area (Å²) in [5.74, 6) is -0.931. The van der Waals surface area contributed by atoms with Gasteiger partial charge in [0.1, 0.15) is 12.4 Å². The van der Waals surface area contributed by atoms with Crippen LogP contribution in [0.25, 0.3) is 0 Å². The lowest BCUT2D eigenvalue weighted by Crippen LogP contribution is -2.35. The molecule has 1 aromatic heterocycles. The van der Waals surface area contributed by atoms with E-state index in [-0.39, 0.29) is 18.3 Å². The van der Waals surface area contributed by atoms with Crippen LogP contribution in [0.2, 0.25) is 0 Å². The Hall–Kier alpha value is -1.51. The molecule has 0 spiro atoms. The van der Waals surface area contributed by atoms with E-state index in [4.69, 9.17) is 5.73 Å². The third kappa shape index (κ3) is 1.27. The number of nitrogens with zero attached hydrogens (tertiary/aromatic N) is 3. The molecular weight excluding hydrogens is 240 g/mol. The van der Waals surface area contributed by atoms with E-state index in [1.807, 2.05) is 0 Å². The Morgan fingerprint density at radius 2 is 2.33 bits per heavy atom. The Bertz CT molecular complexity index is 504. The maximum absolute atomic E-state index is 10.9. The Kier molecular flexibility index (Phi) is 2.25. The quantitative estimate of drug-likeness (QED) is 0.477. The molecule has 1 amide bonds. The van der Waals surface area contributed by atoms with Crippen LogP contribution in [0, 0.1) is 11.3 Å². The van der Waals surface area contributed by atoms with Gasteiger partial charge in [-0.05, 0) is 12.3 Å². The number of fused-ring (bicyclic) bond motifs is 1. The smallest absolute Gasteiger partial charge is 0.288 e. The highest BCUT2D eigenvalue weighted by atomic mass is 16.3. The summed E-state index contributed by atoms with van der Waals surface area (Å²) in [4.78, 5) is 14.7. The lowest BCUT2D eigenvalue weighted by molar-refractivity contribution is -0.0318. The molecular formula is C10H14N4O4. The zero-order valence-corrected chi connectivity index (χ0v) is 9.47. The van der Waals surface area contributed by atoms with Gasteiger partial charge in [-0.1, -0.05) is 0 Å². The fraction of sp³-hybridized carbons (Fsp3) is 0.700. The zero-order chi connectivity index (χ0) is 13.1. The van der Waals surface area contributed by atoms with Crippen molar-refractivity contribution in [2.75, 3.05) is 6.61 Å². The van der Waals surface area contributed by atoms with E-state index in [0.717, 1.165) is 0 Å². The van der Waals surface area contributed by atoms with Crippen molar-refractivity contribution < 1.29 is 20.1 Å². The number of aromatic nitrogens is 3. The largest absolute Gasteiger partial charge is 0.396 e. The summed E-state index contributed by atoms with van der Waals surface area (Å²) >= 11 is 0. The molecule has 2 fully saturated rings. The van der Waals surface area contributed by atoms with Gasteiger partial charge in [-0.25, -0.2) is 9.67 Å². The molecule has 0 saturated heterocycles. The van der Waals surface area contributed by atoms with E-state index in [0.29, 0.717) is 6.42 Å². The molecule has 2 saturated carbocycles. The summed E-state index contributed by atoms with van der Waals surface area (Å²) in [6, 6.07) is -0.479. The Balaban J connectivity index is 1.91. The number of amides is 1. The van der Waals surface area contributed by atoms with Gasteiger partial charge in [0.25, 0.3) is 5.91 Å². The van der Waals surface area contributed by atoms with Crippen LogP contribution in [0.1, 0.15) is 23.1 Å². The first-order valence-electron chi connectivity index (χ1n) is 5.69. The van der Waals surface area contributed by atoms with Crippen LogP contribution in [-0.4, -0.2) is 54.8 Å². The molecule has 18 heavy (non-hydrogen) atoms. The van der Waals surface area contributed by atoms with E-state index < -0.39 is 29.6 Å². The lowest BCUT2D eigenvalue weighted by atomic mass is 10.0. The van der Waals surface area contributed by atoms with Crippen molar-refractivity contribution in [2.24, 2.45) is 17.1 Å². The van der Waals surface area contributed by atoms with Crippen molar-refractivity contribution in [1.82, 2.24) is 14.8 Å². The maximum Gasteiger partial charge on any atom is 0.288 e. The third-order valence-electron chi connectivity index (χ3n) is 4.18. The first-order valence-corrected chi connectivity index (χ1v) is 5.69. The van der Waals surface area contributed by atoms with Gasteiger partial charge in [-0.2, -0.15) is 0 Å². The number of hydrogen-bond acceptors (Lipinski definition) is 6. The predicted molar refractivity (Wildman–Crippen MR) is 57.2 cm³/mol. The second-order valence-electron chi connectivity index (χ2n) is 5.04. The molecule has 5 N–H and O–H groups in total. The first kappa shape index (κ1) is 11.6. The second-order valence-corrected chi connectivity index (χ2v) is 5.04. The highest BCUT2D eigenvalue weighted by Crippen LogP contribution is 2.67. The molecule has 5 atom stereocenters. The number of nitrogens with two attached hydrogens (primary N) is 1. The monoisotopic (exact) mass is 254 g/mol. The normalized spacial score (nSPS) is 41.7. The van der Waals surface area contributed by atoms with Crippen molar-refractivity contribution in [1.29, 1.82) is 0 Å². The van der Waals surface area contributed by atoms with E-state index in [9.17, 15) is 20.1 Å². The summed E-state index contributed by atoms with van der Waals surface area (Å²) in [5.41, 5.74) is 4.42. The van der Waals surface area contributed by atoms with Crippen LogP contribution in [0.5, 0.6) is 0 Å². The van der Waals surface area contributed by atoms with E-state index in [1.165, 1.54) is 11.0 Å². The summed E-state index contributed by atoms with van der Waals surface area (Å²) < 4.78 is 1.35. The molecule has 0 radical (unpaired) electrons. The number of hydrogen-bond donors (Lipinski definition) is 4. The van der Waals surface area contributed by atoms with Gasteiger partial charge in [-0.3, -0.25) is 4.79 Å². The standard InChI is InChI=1S/C10H14N4O4/c11-8(18)9-12-3-14(13-9)5-4-1-10(4,2-15)7(17)6(5)16/h3-7,15-17H,1-2H2,(H2,11,18)/t4?,5-,6+,7+,10+/m1/s1. The highest BCUT2D eigenvalue weighted by Gasteiger charge is 2.71. The number of primary amides is 1. The van der Waals surface area contributed by atoms with Gasteiger partial charge in [-0.15, -0.1) is 5.10 Å². The molecule has 2 aliphatic carbocycles. The highest BCUT2D eigenvalue weighted by molar-refractivity contribution is 5.88. The van der Waals surface area contributed by atoms with Crippen molar-refractivity contribution in [3.8, 4) is 0 Å². The van der Waals surface area contributed by atoms with Gasteiger partial charge >= 0.3 is 0 Å². The van der Waals surface area contributed by atoms with E-state index in [2.05, 4.69) is 10.1 Å². The van der Waals surface area contributed by atoms with Gasteiger partial charge < -0.3 is 21.1 Å². The first-order chi connectivity index (χ1) is 8.51. The zero-order valence-electron chi connectivity index (χ0n) is 9.47. The van der Waals surface area contributed by atoms with Gasteiger partial charge in [0.2, 0.25) is 5.82 Å². The van der Waals surface area contributed by atoms with E-state index >= 15 is 0 Å². The Labute approximate surface area is 102 Å². The van der Waals surface area contributed by atoms with Crippen molar-refractivity contribution in [2.45, 2.75) is 24.7 Å². The number of carbonyl (C=O) groups is 1.